The molecule has 1 atom stereocenters. The average molecular weight is 415 g/mol. The van der Waals surface area contributed by atoms with E-state index in [2.05, 4.69) is 10.2 Å². The van der Waals surface area contributed by atoms with Crippen molar-refractivity contribution in [3.8, 4) is 5.75 Å². The number of nitrogens with zero attached hydrogens (tertiary/aromatic N) is 1. The van der Waals surface area contributed by atoms with E-state index in [9.17, 15) is 18.3 Å². The number of phenols is 1. The first-order valence-corrected chi connectivity index (χ1v) is 8.81. The van der Waals surface area contributed by atoms with Crippen molar-refractivity contribution >= 4 is 24.8 Å². The standard InChI is InChI=1S/C18H25F3N2O.2ClH/c19-18(20,21)14-6-7-16(24)15(12-14)17(13-4-2-1-3-5-13)23-10-8-22-9-11-23;;/h6-7,12-13,17,22,24H,1-5,8-11H2;2*1H/t17-;;/m1../s1. The fraction of sp³-hybridized carbons (Fsp3) is 0.667. The molecule has 2 aliphatic rings. The molecule has 0 bridgehead atoms. The van der Waals surface area contributed by atoms with Crippen molar-refractivity contribution in [1.82, 2.24) is 10.2 Å². The predicted molar refractivity (Wildman–Crippen MR) is 101 cm³/mol. The van der Waals surface area contributed by atoms with Gasteiger partial charge in [-0.15, -0.1) is 24.8 Å². The molecule has 2 fully saturated rings. The Hall–Kier alpha value is -0.690. The molecule has 0 radical (unpaired) electrons. The smallest absolute Gasteiger partial charge is 0.416 e. The van der Waals surface area contributed by atoms with Crippen molar-refractivity contribution in [1.29, 1.82) is 0 Å². The van der Waals surface area contributed by atoms with Crippen molar-refractivity contribution < 1.29 is 18.3 Å². The second kappa shape index (κ2) is 10.0. The van der Waals surface area contributed by atoms with Crippen LogP contribution in [-0.2, 0) is 6.18 Å². The Kier molecular flexibility index (Phi) is 9.00. The number of benzene rings is 1. The maximum atomic E-state index is 13.1. The lowest BCUT2D eigenvalue weighted by Crippen LogP contribution is -2.47. The normalized spacial score (nSPS) is 20.7. The maximum absolute atomic E-state index is 13.1. The number of rotatable bonds is 3. The molecule has 1 saturated carbocycles. The third-order valence-corrected chi connectivity index (χ3v) is 5.31. The van der Waals surface area contributed by atoms with Crippen molar-refractivity contribution in [2.75, 3.05) is 26.2 Å². The first kappa shape index (κ1) is 23.3. The highest BCUT2D eigenvalue weighted by Crippen LogP contribution is 2.43. The molecule has 1 aliphatic carbocycles. The van der Waals surface area contributed by atoms with Gasteiger partial charge in [0.2, 0.25) is 0 Å². The molecule has 2 N–H and O–H groups in total. The Morgan fingerprint density at radius 1 is 1.04 bits per heavy atom. The Labute approximate surface area is 165 Å². The van der Waals surface area contributed by atoms with Crippen LogP contribution in [0.4, 0.5) is 13.2 Å². The third-order valence-electron chi connectivity index (χ3n) is 5.31. The molecule has 3 nitrogen and oxygen atoms in total. The van der Waals surface area contributed by atoms with Gasteiger partial charge in [0.15, 0.2) is 0 Å². The van der Waals surface area contributed by atoms with Crippen LogP contribution in [0.2, 0.25) is 0 Å². The summed E-state index contributed by atoms with van der Waals surface area (Å²) in [7, 11) is 0. The summed E-state index contributed by atoms with van der Waals surface area (Å²) in [5.41, 5.74) is -0.232. The summed E-state index contributed by atoms with van der Waals surface area (Å²) < 4.78 is 39.4. The monoisotopic (exact) mass is 414 g/mol. The lowest BCUT2D eigenvalue weighted by atomic mass is 9.79. The second-order valence-electron chi connectivity index (χ2n) is 6.90. The van der Waals surface area contributed by atoms with Gasteiger partial charge in [-0.3, -0.25) is 4.90 Å². The highest BCUT2D eigenvalue weighted by atomic mass is 35.5. The number of hydrogen-bond acceptors (Lipinski definition) is 3. The quantitative estimate of drug-likeness (QED) is 0.746. The first-order valence-electron chi connectivity index (χ1n) is 8.81. The number of phenolic OH excluding ortho intramolecular Hbond substituents is 1. The van der Waals surface area contributed by atoms with Crippen molar-refractivity contribution in [2.24, 2.45) is 5.92 Å². The third kappa shape index (κ3) is 5.41. The van der Waals surface area contributed by atoms with Gasteiger partial charge in [-0.2, -0.15) is 13.2 Å². The van der Waals surface area contributed by atoms with E-state index < -0.39 is 11.7 Å². The van der Waals surface area contributed by atoms with Crippen LogP contribution in [0.5, 0.6) is 5.75 Å². The molecule has 0 spiro atoms. The molecule has 0 unspecified atom stereocenters. The van der Waals surface area contributed by atoms with E-state index in [1.807, 2.05) is 0 Å². The molecular formula is C18H27Cl2F3N2O. The number of piperazine rings is 1. The molecular weight excluding hydrogens is 388 g/mol. The Bertz CT molecular complexity index is 542. The average Bonchev–Trinajstić information content (AvgIpc) is 2.58. The Balaban J connectivity index is 0.00000169. The van der Waals surface area contributed by atoms with Gasteiger partial charge in [-0.1, -0.05) is 19.3 Å². The fourth-order valence-corrected chi connectivity index (χ4v) is 4.13. The van der Waals surface area contributed by atoms with Gasteiger partial charge in [-0.25, -0.2) is 0 Å². The number of aromatic hydroxyl groups is 1. The van der Waals surface area contributed by atoms with Crippen LogP contribution in [-0.4, -0.2) is 36.2 Å². The topological polar surface area (TPSA) is 35.5 Å². The predicted octanol–water partition coefficient (Wildman–Crippen LogP) is 4.78. The SMILES string of the molecule is Cl.Cl.Oc1ccc(C(F)(F)F)cc1[C@@H](C1CCCCC1)N1CCNCC1. The van der Waals surface area contributed by atoms with Gasteiger partial charge in [0.25, 0.3) is 0 Å². The van der Waals surface area contributed by atoms with Crippen molar-refractivity contribution in [3.05, 3.63) is 29.3 Å². The number of nitrogens with one attached hydrogen (secondary N) is 1. The summed E-state index contributed by atoms with van der Waals surface area (Å²) in [6.45, 7) is 3.28. The van der Waals surface area contributed by atoms with Crippen LogP contribution in [0, 0.1) is 5.92 Å². The zero-order valence-corrected chi connectivity index (χ0v) is 16.2. The van der Waals surface area contributed by atoms with Gasteiger partial charge < -0.3 is 10.4 Å². The van der Waals surface area contributed by atoms with E-state index in [-0.39, 0.29) is 36.6 Å². The first-order chi connectivity index (χ1) is 11.5. The van der Waals surface area contributed by atoms with Crippen LogP contribution in [0.3, 0.4) is 0 Å². The molecule has 1 aromatic carbocycles. The minimum Gasteiger partial charge on any atom is -0.508 e. The zero-order chi connectivity index (χ0) is 17.2. The van der Waals surface area contributed by atoms with Crippen LogP contribution in [0.25, 0.3) is 0 Å². The van der Waals surface area contributed by atoms with Crippen molar-refractivity contribution in [3.63, 3.8) is 0 Å². The fourth-order valence-electron chi connectivity index (χ4n) is 4.13. The summed E-state index contributed by atoms with van der Waals surface area (Å²) in [4.78, 5) is 2.25. The summed E-state index contributed by atoms with van der Waals surface area (Å²) in [5, 5.41) is 13.6. The van der Waals surface area contributed by atoms with Gasteiger partial charge in [0.05, 0.1) is 5.56 Å². The van der Waals surface area contributed by atoms with Gasteiger partial charge in [0, 0.05) is 37.8 Å². The van der Waals surface area contributed by atoms with Gasteiger partial charge in [0.1, 0.15) is 5.75 Å². The van der Waals surface area contributed by atoms with Crippen LogP contribution >= 0.6 is 24.8 Å². The summed E-state index contributed by atoms with van der Waals surface area (Å²) in [6, 6.07) is 3.20. The number of halogens is 5. The molecule has 26 heavy (non-hydrogen) atoms. The largest absolute Gasteiger partial charge is 0.508 e. The van der Waals surface area contributed by atoms with Gasteiger partial charge in [-0.05, 0) is 37.0 Å². The lowest BCUT2D eigenvalue weighted by Gasteiger charge is -2.41. The molecule has 1 aliphatic heterocycles. The molecule has 150 valence electrons. The minimum absolute atomic E-state index is 0. The molecule has 0 aromatic heterocycles. The van der Waals surface area contributed by atoms with E-state index in [4.69, 9.17) is 0 Å². The molecule has 0 amide bonds. The molecule has 1 saturated heterocycles. The zero-order valence-electron chi connectivity index (χ0n) is 14.6. The van der Waals surface area contributed by atoms with E-state index >= 15 is 0 Å². The highest BCUT2D eigenvalue weighted by Gasteiger charge is 2.36. The highest BCUT2D eigenvalue weighted by molar-refractivity contribution is 5.85. The Morgan fingerprint density at radius 3 is 2.23 bits per heavy atom. The summed E-state index contributed by atoms with van der Waals surface area (Å²) in [6.07, 6.45) is 1.08. The van der Waals surface area contributed by atoms with Crippen molar-refractivity contribution in [2.45, 2.75) is 44.3 Å². The number of alkyl halides is 3. The number of hydrogen-bond donors (Lipinski definition) is 2. The molecule has 1 aromatic rings. The summed E-state index contributed by atoms with van der Waals surface area (Å²) >= 11 is 0. The van der Waals surface area contributed by atoms with Crippen LogP contribution in [0.1, 0.15) is 49.3 Å². The van der Waals surface area contributed by atoms with Crippen LogP contribution < -0.4 is 5.32 Å². The van der Waals surface area contributed by atoms with E-state index in [1.165, 1.54) is 12.5 Å². The lowest BCUT2D eigenvalue weighted by molar-refractivity contribution is -0.137. The molecule has 8 heteroatoms. The minimum atomic E-state index is -4.39. The maximum Gasteiger partial charge on any atom is 0.416 e. The van der Waals surface area contributed by atoms with E-state index in [1.54, 1.807) is 0 Å². The van der Waals surface area contributed by atoms with Gasteiger partial charge >= 0.3 is 6.18 Å². The van der Waals surface area contributed by atoms with E-state index in [0.717, 1.165) is 64.0 Å². The van der Waals surface area contributed by atoms with E-state index in [0.29, 0.717) is 11.5 Å². The Morgan fingerprint density at radius 2 is 1.65 bits per heavy atom. The molecule has 1 heterocycles. The van der Waals surface area contributed by atoms with Crippen LogP contribution in [0.15, 0.2) is 18.2 Å². The second-order valence-corrected chi connectivity index (χ2v) is 6.90. The summed E-state index contributed by atoms with van der Waals surface area (Å²) in [5.74, 6) is 0.295. The molecule has 3 rings (SSSR count).